The fraction of sp³-hybridized carbons (Fsp3) is 0.280. The molecule has 1 aliphatic carbocycles. The number of pyridine rings is 1. The van der Waals surface area contributed by atoms with Crippen LogP contribution < -0.4 is 10.9 Å². The molecule has 0 bridgehead atoms. The van der Waals surface area contributed by atoms with Crippen molar-refractivity contribution in [1.82, 2.24) is 25.0 Å². The number of nitrogens with zero attached hydrogens (tertiary/aromatic N) is 4. The molecule has 0 aliphatic heterocycles. The van der Waals surface area contributed by atoms with Gasteiger partial charge in [-0.3, -0.25) is 9.78 Å². The van der Waals surface area contributed by atoms with Crippen LogP contribution in [0.3, 0.4) is 0 Å². The molecule has 7 heteroatoms. The van der Waals surface area contributed by atoms with E-state index in [0.29, 0.717) is 17.1 Å². The lowest BCUT2D eigenvalue weighted by Crippen LogP contribution is -2.18. The molecule has 1 saturated carbocycles. The van der Waals surface area contributed by atoms with Gasteiger partial charge in [0.1, 0.15) is 11.4 Å². The van der Waals surface area contributed by atoms with E-state index in [2.05, 4.69) is 27.6 Å². The summed E-state index contributed by atoms with van der Waals surface area (Å²) in [5.74, 6) is 1.32. The maximum Gasteiger partial charge on any atom is 0.250 e. The van der Waals surface area contributed by atoms with Gasteiger partial charge in [-0.1, -0.05) is 42.3 Å². The van der Waals surface area contributed by atoms with Crippen molar-refractivity contribution >= 4 is 0 Å². The monoisotopic (exact) mass is 427 g/mol. The first-order valence-corrected chi connectivity index (χ1v) is 10.9. The van der Waals surface area contributed by atoms with Gasteiger partial charge in [0, 0.05) is 42.5 Å². The van der Waals surface area contributed by atoms with Crippen molar-refractivity contribution in [2.24, 2.45) is 5.92 Å². The van der Waals surface area contributed by atoms with E-state index < -0.39 is 0 Å². The van der Waals surface area contributed by atoms with Gasteiger partial charge in [-0.05, 0) is 31.0 Å². The smallest absolute Gasteiger partial charge is 0.250 e. The molecule has 0 saturated heterocycles. The Balaban J connectivity index is 1.38. The van der Waals surface area contributed by atoms with Crippen LogP contribution in [-0.2, 0) is 13.1 Å². The number of aromatic nitrogens is 4. The third-order valence-corrected chi connectivity index (χ3v) is 5.78. The Hall–Kier alpha value is -3.58. The van der Waals surface area contributed by atoms with Crippen molar-refractivity contribution in [2.45, 2.75) is 32.4 Å². The Bertz CT molecular complexity index is 1270. The minimum Gasteiger partial charge on any atom is -0.354 e. The molecule has 5 rings (SSSR count). The minimum atomic E-state index is 0.0131. The van der Waals surface area contributed by atoms with Crippen LogP contribution in [0.2, 0.25) is 0 Å². The topological polar surface area (TPSA) is 85.8 Å². The predicted octanol–water partition coefficient (Wildman–Crippen LogP) is 4.15. The van der Waals surface area contributed by atoms with Crippen molar-refractivity contribution < 1.29 is 4.52 Å². The number of rotatable bonds is 8. The van der Waals surface area contributed by atoms with E-state index in [1.807, 2.05) is 31.4 Å². The summed E-state index contributed by atoms with van der Waals surface area (Å²) in [6.07, 6.45) is 8.84. The van der Waals surface area contributed by atoms with Crippen LogP contribution in [0, 0.1) is 5.92 Å². The number of nitrogens with one attached hydrogen (secondary N) is 1. The van der Waals surface area contributed by atoms with E-state index in [9.17, 15) is 4.79 Å². The van der Waals surface area contributed by atoms with Gasteiger partial charge in [-0.15, -0.1) is 0 Å². The predicted molar refractivity (Wildman–Crippen MR) is 123 cm³/mol. The third-order valence-electron chi connectivity index (χ3n) is 5.78. The molecule has 7 nitrogen and oxygen atoms in total. The molecule has 1 aromatic carbocycles. The van der Waals surface area contributed by atoms with Gasteiger partial charge in [0.05, 0.1) is 18.1 Å². The molecule has 0 amide bonds. The Labute approximate surface area is 186 Å². The molecule has 0 radical (unpaired) electrons. The van der Waals surface area contributed by atoms with Gasteiger partial charge < -0.3 is 14.4 Å². The van der Waals surface area contributed by atoms with Crippen molar-refractivity contribution in [1.29, 1.82) is 0 Å². The molecule has 0 spiro atoms. The van der Waals surface area contributed by atoms with Crippen molar-refractivity contribution in [2.75, 3.05) is 7.05 Å². The third kappa shape index (κ3) is 4.53. The maximum atomic E-state index is 12.2. The van der Waals surface area contributed by atoms with Crippen molar-refractivity contribution in [3.8, 4) is 34.0 Å². The number of benzene rings is 1. The highest BCUT2D eigenvalue weighted by atomic mass is 16.5. The van der Waals surface area contributed by atoms with Crippen molar-refractivity contribution in [3.05, 3.63) is 77.0 Å². The second-order valence-electron chi connectivity index (χ2n) is 8.27. The molecule has 1 aliphatic rings. The van der Waals surface area contributed by atoms with Crippen LogP contribution in [0.4, 0.5) is 0 Å². The lowest BCUT2D eigenvalue weighted by molar-refractivity contribution is 0.433. The first kappa shape index (κ1) is 20.3. The Kier molecular flexibility index (Phi) is 5.64. The van der Waals surface area contributed by atoms with Crippen LogP contribution in [0.1, 0.15) is 24.8 Å². The number of hydrogen-bond donors (Lipinski definition) is 1. The highest BCUT2D eigenvalue weighted by Crippen LogP contribution is 2.32. The summed E-state index contributed by atoms with van der Waals surface area (Å²) in [7, 11) is 1.93. The quantitative estimate of drug-likeness (QED) is 0.455. The molecule has 0 unspecified atom stereocenters. The Morgan fingerprint density at radius 3 is 2.59 bits per heavy atom. The molecule has 32 heavy (non-hydrogen) atoms. The zero-order valence-corrected chi connectivity index (χ0v) is 18.0. The molecule has 0 atom stereocenters. The molecule has 4 aromatic rings. The van der Waals surface area contributed by atoms with Crippen LogP contribution in [0.15, 0.2) is 70.4 Å². The number of aryl methyl sites for hydroxylation is 1. The van der Waals surface area contributed by atoms with E-state index >= 15 is 0 Å². The van der Waals surface area contributed by atoms with E-state index in [-0.39, 0.29) is 5.56 Å². The average molecular weight is 428 g/mol. The lowest BCUT2D eigenvalue weighted by atomic mass is 10.1. The normalized spacial score (nSPS) is 13.4. The first-order valence-electron chi connectivity index (χ1n) is 10.9. The molecule has 3 aromatic heterocycles. The van der Waals surface area contributed by atoms with Gasteiger partial charge in [-0.2, -0.15) is 0 Å². The molecular weight excluding hydrogens is 402 g/mol. The minimum absolute atomic E-state index is 0.0131. The Morgan fingerprint density at radius 1 is 1.03 bits per heavy atom. The summed E-state index contributed by atoms with van der Waals surface area (Å²) >= 11 is 0. The molecule has 1 fully saturated rings. The average Bonchev–Trinajstić information content (AvgIpc) is 3.53. The first-order chi connectivity index (χ1) is 15.7. The molecular formula is C25H25N5O2. The van der Waals surface area contributed by atoms with E-state index in [4.69, 9.17) is 9.51 Å². The largest absolute Gasteiger partial charge is 0.354 e. The van der Waals surface area contributed by atoms with Gasteiger partial charge in [-0.25, -0.2) is 4.98 Å². The highest BCUT2D eigenvalue weighted by Gasteiger charge is 2.21. The van der Waals surface area contributed by atoms with E-state index in [1.54, 1.807) is 29.1 Å². The van der Waals surface area contributed by atoms with Crippen LogP contribution in [-0.4, -0.2) is 26.7 Å². The highest BCUT2D eigenvalue weighted by molar-refractivity contribution is 5.66. The zero-order chi connectivity index (χ0) is 21.9. The second-order valence-corrected chi connectivity index (χ2v) is 8.27. The Morgan fingerprint density at radius 2 is 1.81 bits per heavy atom. The summed E-state index contributed by atoms with van der Waals surface area (Å²) in [6, 6.07) is 13.5. The van der Waals surface area contributed by atoms with Gasteiger partial charge in [0.15, 0.2) is 5.76 Å². The van der Waals surface area contributed by atoms with Crippen LogP contribution in [0.25, 0.3) is 34.0 Å². The summed E-state index contributed by atoms with van der Waals surface area (Å²) in [5.41, 5.74) is 5.09. The summed E-state index contributed by atoms with van der Waals surface area (Å²) in [4.78, 5) is 21.3. The van der Waals surface area contributed by atoms with Gasteiger partial charge in [0.2, 0.25) is 0 Å². The second kappa shape index (κ2) is 8.88. The fourth-order valence-corrected chi connectivity index (χ4v) is 3.74. The van der Waals surface area contributed by atoms with Crippen LogP contribution in [0.5, 0.6) is 0 Å². The molecule has 162 valence electrons. The van der Waals surface area contributed by atoms with E-state index in [0.717, 1.165) is 42.2 Å². The van der Waals surface area contributed by atoms with Gasteiger partial charge in [0.25, 0.3) is 5.56 Å². The van der Waals surface area contributed by atoms with Gasteiger partial charge >= 0.3 is 0 Å². The fourth-order valence-electron chi connectivity index (χ4n) is 3.74. The van der Waals surface area contributed by atoms with Crippen LogP contribution >= 0.6 is 0 Å². The summed E-state index contributed by atoms with van der Waals surface area (Å²) in [6.45, 7) is 1.56. The molecule has 1 N–H and O–H groups in total. The summed E-state index contributed by atoms with van der Waals surface area (Å²) < 4.78 is 7.34. The number of hydrogen-bond acceptors (Lipinski definition) is 6. The SMILES string of the molecule is CNCc1ccc(-c2cc(-c3cncc(-c4ccc(=O)n(CCC5CC5)c4)n3)on2)cc1. The summed E-state index contributed by atoms with van der Waals surface area (Å²) in [5, 5.41) is 7.35. The maximum absolute atomic E-state index is 12.2. The standard InChI is InChI=1S/C25H25N5O2/c1-26-13-18-4-6-19(7-5-18)21-12-24(32-29-21)23-15-27-14-22(28-23)20-8-9-25(31)30(16-20)11-10-17-2-3-17/h4-9,12,14-17,26H,2-3,10-11,13H2,1H3. The lowest BCUT2D eigenvalue weighted by Gasteiger charge is -2.08. The van der Waals surface area contributed by atoms with Crippen molar-refractivity contribution in [3.63, 3.8) is 0 Å². The van der Waals surface area contributed by atoms with E-state index in [1.165, 1.54) is 18.4 Å². The zero-order valence-electron chi connectivity index (χ0n) is 18.0. The molecule has 3 heterocycles.